The standard InChI is InChI=1S/C15H23NO/c1-12(17)10-14-4-2-3-5-15(14)11-13-6-8-16-9-7-13/h2-5,12-13,16-17H,6-11H2,1H3. The maximum absolute atomic E-state index is 9.53. The molecular formula is C15H23NO. The number of hydrogen-bond donors (Lipinski definition) is 2. The van der Waals surface area contributed by atoms with Gasteiger partial charge in [0.05, 0.1) is 6.10 Å². The lowest BCUT2D eigenvalue weighted by molar-refractivity contribution is 0.195. The van der Waals surface area contributed by atoms with Gasteiger partial charge in [-0.2, -0.15) is 0 Å². The third-order valence-electron chi connectivity index (χ3n) is 3.60. The van der Waals surface area contributed by atoms with E-state index in [1.54, 1.807) is 0 Å². The lowest BCUT2D eigenvalue weighted by Crippen LogP contribution is -2.28. The Labute approximate surface area is 104 Å². The Morgan fingerprint density at radius 1 is 1.24 bits per heavy atom. The van der Waals surface area contributed by atoms with E-state index in [4.69, 9.17) is 0 Å². The van der Waals surface area contributed by atoms with E-state index in [1.165, 1.54) is 30.4 Å². The summed E-state index contributed by atoms with van der Waals surface area (Å²) in [5.74, 6) is 0.811. The molecule has 1 fully saturated rings. The Morgan fingerprint density at radius 3 is 2.53 bits per heavy atom. The summed E-state index contributed by atoms with van der Waals surface area (Å²) in [6.45, 7) is 4.17. The maximum Gasteiger partial charge on any atom is 0.0552 e. The van der Waals surface area contributed by atoms with Crippen LogP contribution in [0.15, 0.2) is 24.3 Å². The Bertz CT molecular complexity index is 343. The molecule has 0 aliphatic carbocycles. The average Bonchev–Trinajstić information content (AvgIpc) is 2.32. The maximum atomic E-state index is 9.53. The van der Waals surface area contributed by atoms with Crippen molar-refractivity contribution in [3.05, 3.63) is 35.4 Å². The highest BCUT2D eigenvalue weighted by Gasteiger charge is 2.15. The predicted molar refractivity (Wildman–Crippen MR) is 71.1 cm³/mol. The van der Waals surface area contributed by atoms with Gasteiger partial charge in [0.15, 0.2) is 0 Å². The molecule has 0 spiro atoms. The van der Waals surface area contributed by atoms with E-state index in [0.29, 0.717) is 0 Å². The molecule has 1 aromatic carbocycles. The zero-order valence-corrected chi connectivity index (χ0v) is 10.7. The molecule has 0 radical (unpaired) electrons. The van der Waals surface area contributed by atoms with Crippen molar-refractivity contribution >= 4 is 0 Å². The van der Waals surface area contributed by atoms with Gasteiger partial charge in [-0.25, -0.2) is 0 Å². The fraction of sp³-hybridized carbons (Fsp3) is 0.600. The van der Waals surface area contributed by atoms with E-state index in [9.17, 15) is 5.11 Å². The minimum Gasteiger partial charge on any atom is -0.393 e. The molecular weight excluding hydrogens is 210 g/mol. The first-order valence-electron chi connectivity index (χ1n) is 6.71. The zero-order chi connectivity index (χ0) is 12.1. The molecule has 1 atom stereocenters. The van der Waals surface area contributed by atoms with Gasteiger partial charge in [-0.05, 0) is 62.7 Å². The van der Waals surface area contributed by atoms with Gasteiger partial charge in [-0.15, -0.1) is 0 Å². The van der Waals surface area contributed by atoms with Gasteiger partial charge in [0.25, 0.3) is 0 Å². The lowest BCUT2D eigenvalue weighted by atomic mass is 9.88. The number of rotatable bonds is 4. The van der Waals surface area contributed by atoms with Crippen molar-refractivity contribution in [2.45, 2.75) is 38.7 Å². The first kappa shape index (κ1) is 12.6. The molecule has 1 aliphatic heterocycles. The minimum atomic E-state index is -0.246. The second-order valence-corrected chi connectivity index (χ2v) is 5.22. The van der Waals surface area contributed by atoms with Gasteiger partial charge in [-0.1, -0.05) is 24.3 Å². The van der Waals surface area contributed by atoms with Crippen molar-refractivity contribution in [2.24, 2.45) is 5.92 Å². The molecule has 2 N–H and O–H groups in total. The molecule has 2 rings (SSSR count). The van der Waals surface area contributed by atoms with Crippen LogP contribution in [0.1, 0.15) is 30.9 Å². The number of aliphatic hydroxyl groups excluding tert-OH is 1. The lowest BCUT2D eigenvalue weighted by Gasteiger charge is -2.23. The van der Waals surface area contributed by atoms with E-state index >= 15 is 0 Å². The summed E-state index contributed by atoms with van der Waals surface area (Å²) >= 11 is 0. The van der Waals surface area contributed by atoms with Crippen molar-refractivity contribution in [3.63, 3.8) is 0 Å². The molecule has 1 unspecified atom stereocenters. The highest BCUT2D eigenvalue weighted by atomic mass is 16.3. The van der Waals surface area contributed by atoms with Crippen LogP contribution in [0.3, 0.4) is 0 Å². The third kappa shape index (κ3) is 3.83. The van der Waals surface area contributed by atoms with Crippen molar-refractivity contribution < 1.29 is 5.11 Å². The van der Waals surface area contributed by atoms with Gasteiger partial charge in [0, 0.05) is 0 Å². The smallest absolute Gasteiger partial charge is 0.0552 e. The average molecular weight is 233 g/mol. The van der Waals surface area contributed by atoms with Crippen LogP contribution < -0.4 is 5.32 Å². The molecule has 1 saturated heterocycles. The van der Waals surface area contributed by atoms with Crippen LogP contribution in [0.4, 0.5) is 0 Å². The number of aliphatic hydroxyl groups is 1. The number of hydrogen-bond acceptors (Lipinski definition) is 2. The SMILES string of the molecule is CC(O)Cc1ccccc1CC1CCNCC1. The first-order chi connectivity index (χ1) is 8.25. The first-order valence-corrected chi connectivity index (χ1v) is 6.71. The Hall–Kier alpha value is -0.860. The summed E-state index contributed by atoms with van der Waals surface area (Å²) in [4.78, 5) is 0. The summed E-state index contributed by atoms with van der Waals surface area (Å²) in [5.41, 5.74) is 2.75. The van der Waals surface area contributed by atoms with Gasteiger partial charge in [-0.3, -0.25) is 0 Å². The van der Waals surface area contributed by atoms with E-state index in [0.717, 1.165) is 25.4 Å². The summed E-state index contributed by atoms with van der Waals surface area (Å²) in [6.07, 6.45) is 4.27. The third-order valence-corrected chi connectivity index (χ3v) is 3.60. The van der Waals surface area contributed by atoms with Gasteiger partial charge in [0.2, 0.25) is 0 Å². The van der Waals surface area contributed by atoms with Crippen LogP contribution in [-0.2, 0) is 12.8 Å². The van der Waals surface area contributed by atoms with Crippen molar-refractivity contribution in [1.29, 1.82) is 0 Å². The summed E-state index contributed by atoms with van der Waals surface area (Å²) < 4.78 is 0. The zero-order valence-electron chi connectivity index (χ0n) is 10.7. The Balaban J connectivity index is 2.03. The fourth-order valence-electron chi connectivity index (χ4n) is 2.67. The van der Waals surface area contributed by atoms with Gasteiger partial charge < -0.3 is 10.4 Å². The normalized spacial score (nSPS) is 19.2. The van der Waals surface area contributed by atoms with Crippen LogP contribution in [0.2, 0.25) is 0 Å². The largest absolute Gasteiger partial charge is 0.393 e. The predicted octanol–water partition coefficient (Wildman–Crippen LogP) is 2.15. The number of piperidine rings is 1. The van der Waals surface area contributed by atoms with Gasteiger partial charge in [0.1, 0.15) is 0 Å². The van der Waals surface area contributed by atoms with Crippen LogP contribution in [0, 0.1) is 5.92 Å². The second-order valence-electron chi connectivity index (χ2n) is 5.22. The monoisotopic (exact) mass is 233 g/mol. The van der Waals surface area contributed by atoms with E-state index in [-0.39, 0.29) is 6.10 Å². The van der Waals surface area contributed by atoms with Crippen LogP contribution in [0.5, 0.6) is 0 Å². The minimum absolute atomic E-state index is 0.246. The summed E-state index contributed by atoms with van der Waals surface area (Å²) in [5, 5.41) is 12.9. The number of nitrogens with one attached hydrogen (secondary N) is 1. The van der Waals surface area contributed by atoms with Crippen molar-refractivity contribution in [1.82, 2.24) is 5.32 Å². The van der Waals surface area contributed by atoms with E-state index in [2.05, 4.69) is 29.6 Å². The Morgan fingerprint density at radius 2 is 1.88 bits per heavy atom. The van der Waals surface area contributed by atoms with Crippen molar-refractivity contribution in [2.75, 3.05) is 13.1 Å². The van der Waals surface area contributed by atoms with Crippen LogP contribution >= 0.6 is 0 Å². The molecule has 0 aromatic heterocycles. The Kier molecular flexibility index (Phi) is 4.57. The fourth-order valence-corrected chi connectivity index (χ4v) is 2.67. The molecule has 1 aliphatic rings. The molecule has 2 heteroatoms. The molecule has 1 aromatic rings. The van der Waals surface area contributed by atoms with E-state index < -0.39 is 0 Å². The highest BCUT2D eigenvalue weighted by Crippen LogP contribution is 2.21. The van der Waals surface area contributed by atoms with Gasteiger partial charge >= 0.3 is 0 Å². The van der Waals surface area contributed by atoms with Crippen LogP contribution in [-0.4, -0.2) is 24.3 Å². The second kappa shape index (κ2) is 6.18. The molecule has 0 amide bonds. The molecule has 2 nitrogen and oxygen atoms in total. The van der Waals surface area contributed by atoms with Crippen molar-refractivity contribution in [3.8, 4) is 0 Å². The number of benzene rings is 1. The van der Waals surface area contributed by atoms with Crippen LogP contribution in [0.25, 0.3) is 0 Å². The molecule has 94 valence electrons. The molecule has 0 saturated carbocycles. The summed E-state index contributed by atoms with van der Waals surface area (Å²) in [6, 6.07) is 8.56. The molecule has 1 heterocycles. The topological polar surface area (TPSA) is 32.3 Å². The summed E-state index contributed by atoms with van der Waals surface area (Å²) in [7, 11) is 0. The highest BCUT2D eigenvalue weighted by molar-refractivity contribution is 5.28. The van der Waals surface area contributed by atoms with E-state index in [1.807, 2.05) is 6.92 Å². The molecule has 17 heavy (non-hydrogen) atoms. The quantitative estimate of drug-likeness (QED) is 0.835. The molecule has 0 bridgehead atoms.